The second-order valence-corrected chi connectivity index (χ2v) is 14.8. The number of para-hydroxylation sites is 1. The van der Waals surface area contributed by atoms with Gasteiger partial charge in [0.05, 0.1) is 11.3 Å². The van der Waals surface area contributed by atoms with E-state index in [2.05, 4.69) is 10.3 Å². The normalized spacial score (nSPS) is 39.3. The molecule has 8 aliphatic carbocycles. The topological polar surface area (TPSA) is 95.1 Å². The lowest BCUT2D eigenvalue weighted by Gasteiger charge is -2.57. The lowest BCUT2D eigenvalue weighted by atomic mass is 9.48. The van der Waals surface area contributed by atoms with Gasteiger partial charge in [-0.3, -0.25) is 4.79 Å². The van der Waals surface area contributed by atoms with Crippen molar-refractivity contribution in [2.75, 3.05) is 5.32 Å². The number of carbonyl (C=O) groups is 2. The summed E-state index contributed by atoms with van der Waals surface area (Å²) >= 11 is 0. The molecule has 8 bridgehead atoms. The smallest absolute Gasteiger partial charge is 0.337 e. The van der Waals surface area contributed by atoms with E-state index in [9.17, 15) is 14.7 Å². The molecule has 0 aliphatic heterocycles. The van der Waals surface area contributed by atoms with Crippen LogP contribution in [-0.4, -0.2) is 27.0 Å². The second-order valence-electron chi connectivity index (χ2n) is 14.8. The molecule has 0 radical (unpaired) electrons. The number of carbonyl (C=O) groups excluding carboxylic acids is 1. The highest BCUT2D eigenvalue weighted by atomic mass is 16.4. The quantitative estimate of drug-likeness (QED) is 0.362. The number of imidazole rings is 1. The molecule has 1 aromatic carbocycles. The van der Waals surface area contributed by atoms with Crippen LogP contribution in [0.25, 0.3) is 0 Å². The predicted octanol–water partition coefficient (Wildman–Crippen LogP) is 6.98. The van der Waals surface area contributed by atoms with Crippen molar-refractivity contribution >= 4 is 17.6 Å². The summed E-state index contributed by atoms with van der Waals surface area (Å²) in [5, 5.41) is 12.6. The van der Waals surface area contributed by atoms with Gasteiger partial charge in [-0.05, 0) is 143 Å². The minimum absolute atomic E-state index is 0.0850. The molecule has 3 N–H and O–H groups in total. The van der Waals surface area contributed by atoms with Gasteiger partial charge in [0.25, 0.3) is 5.91 Å². The number of aromatic carboxylic acids is 1. The molecule has 6 nitrogen and oxygen atoms in total. The van der Waals surface area contributed by atoms with Crippen molar-refractivity contribution in [3.63, 3.8) is 0 Å². The second kappa shape index (κ2) is 8.68. The minimum atomic E-state index is -1.04. The first-order chi connectivity index (χ1) is 18.9. The average Bonchev–Trinajstić information content (AvgIpc) is 3.32. The molecule has 8 saturated carbocycles. The number of carboxylic acid groups (broad SMARTS) is 1. The third-order valence-electron chi connectivity index (χ3n) is 12.0. The summed E-state index contributed by atoms with van der Waals surface area (Å²) in [6.07, 6.45) is 18.1. The van der Waals surface area contributed by atoms with Crippen LogP contribution in [0.3, 0.4) is 0 Å². The van der Waals surface area contributed by atoms with Crippen LogP contribution in [0.1, 0.15) is 116 Å². The van der Waals surface area contributed by atoms with E-state index in [1.165, 1.54) is 83.1 Å². The summed E-state index contributed by atoms with van der Waals surface area (Å²) < 4.78 is 0. The maximum atomic E-state index is 13.8. The Morgan fingerprint density at radius 3 is 1.95 bits per heavy atom. The number of carboxylic acids is 1. The molecule has 8 aliphatic rings. The van der Waals surface area contributed by atoms with E-state index in [1.54, 1.807) is 18.2 Å². The van der Waals surface area contributed by atoms with Gasteiger partial charge >= 0.3 is 5.97 Å². The summed E-state index contributed by atoms with van der Waals surface area (Å²) in [5.74, 6) is 4.87. The molecule has 6 heteroatoms. The molecule has 0 spiro atoms. The first-order valence-electron chi connectivity index (χ1n) is 15.6. The number of hydrogen-bond donors (Lipinski definition) is 3. The number of nitrogens with one attached hydrogen (secondary N) is 2. The van der Waals surface area contributed by atoms with Gasteiger partial charge in [-0.25, -0.2) is 9.78 Å². The predicted molar refractivity (Wildman–Crippen MR) is 149 cm³/mol. The Morgan fingerprint density at radius 2 is 1.38 bits per heavy atom. The van der Waals surface area contributed by atoms with Crippen LogP contribution in [0.5, 0.6) is 0 Å². The van der Waals surface area contributed by atoms with Crippen LogP contribution in [0.15, 0.2) is 24.3 Å². The summed E-state index contributed by atoms with van der Waals surface area (Å²) in [6.45, 7) is 0. The van der Waals surface area contributed by atoms with Gasteiger partial charge in [0, 0.05) is 11.1 Å². The first-order valence-corrected chi connectivity index (χ1v) is 15.6. The number of aromatic amines is 1. The fourth-order valence-corrected chi connectivity index (χ4v) is 11.4. The molecular weight excluding hydrogens is 486 g/mol. The number of rotatable bonds is 7. The van der Waals surface area contributed by atoms with Gasteiger partial charge in [-0.1, -0.05) is 12.1 Å². The third-order valence-corrected chi connectivity index (χ3v) is 12.0. The highest BCUT2D eigenvalue weighted by Gasteiger charge is 2.54. The van der Waals surface area contributed by atoms with Gasteiger partial charge in [0.15, 0.2) is 0 Å². The van der Waals surface area contributed by atoms with Crippen molar-refractivity contribution in [1.82, 2.24) is 9.97 Å². The molecule has 0 atom stereocenters. The molecule has 39 heavy (non-hydrogen) atoms. The summed E-state index contributed by atoms with van der Waals surface area (Å²) in [4.78, 5) is 34.5. The molecule has 0 unspecified atom stereocenters. The van der Waals surface area contributed by atoms with E-state index >= 15 is 0 Å². The zero-order chi connectivity index (χ0) is 26.4. The zero-order valence-corrected chi connectivity index (χ0v) is 22.9. The van der Waals surface area contributed by atoms with Crippen LogP contribution in [0.4, 0.5) is 5.69 Å². The number of aryl methyl sites for hydroxylation is 1. The Morgan fingerprint density at radius 1 is 0.846 bits per heavy atom. The molecular formula is C33H41N3O3. The number of benzene rings is 1. The van der Waals surface area contributed by atoms with Gasteiger partial charge in [-0.2, -0.15) is 0 Å². The highest BCUT2D eigenvalue weighted by Crippen LogP contribution is 2.62. The fourth-order valence-electron chi connectivity index (χ4n) is 11.4. The summed E-state index contributed by atoms with van der Waals surface area (Å²) in [7, 11) is 0. The van der Waals surface area contributed by atoms with E-state index in [0.29, 0.717) is 16.8 Å². The van der Waals surface area contributed by atoms with E-state index in [1.807, 2.05) is 0 Å². The lowest BCUT2D eigenvalue weighted by Crippen LogP contribution is -2.49. The number of aromatic nitrogens is 2. The molecule has 10 rings (SSSR count). The van der Waals surface area contributed by atoms with Crippen LogP contribution in [0.2, 0.25) is 0 Å². The fraction of sp³-hybridized carbons (Fsp3) is 0.667. The monoisotopic (exact) mass is 527 g/mol. The maximum absolute atomic E-state index is 13.8. The van der Waals surface area contributed by atoms with Gasteiger partial charge in [0.1, 0.15) is 11.5 Å². The number of H-pyrrole nitrogens is 1. The number of amides is 1. The van der Waals surface area contributed by atoms with Crippen molar-refractivity contribution in [3.8, 4) is 0 Å². The Kier molecular flexibility index (Phi) is 5.39. The molecule has 8 fully saturated rings. The molecule has 1 aromatic heterocycles. The number of anilines is 1. The minimum Gasteiger partial charge on any atom is -0.478 e. The van der Waals surface area contributed by atoms with Crippen LogP contribution in [0, 0.1) is 40.9 Å². The molecule has 2 aromatic rings. The molecule has 1 amide bonds. The van der Waals surface area contributed by atoms with E-state index in [-0.39, 0.29) is 16.9 Å². The van der Waals surface area contributed by atoms with Crippen LogP contribution in [-0.2, 0) is 11.8 Å². The highest BCUT2D eigenvalue weighted by molar-refractivity contribution is 6.07. The van der Waals surface area contributed by atoms with E-state index < -0.39 is 5.97 Å². The van der Waals surface area contributed by atoms with Crippen molar-refractivity contribution < 1.29 is 14.7 Å². The van der Waals surface area contributed by atoms with Gasteiger partial charge < -0.3 is 15.4 Å². The number of hydrogen-bond acceptors (Lipinski definition) is 3. The largest absolute Gasteiger partial charge is 0.478 e. The van der Waals surface area contributed by atoms with Crippen LogP contribution < -0.4 is 5.32 Å². The van der Waals surface area contributed by atoms with Crippen molar-refractivity contribution in [2.45, 2.75) is 95.3 Å². The SMILES string of the molecule is O=C(O)c1ccccc1NC(=O)c1nc(C23CC4CC(CC(C4)C2)C3)[nH]c1CCC12CC3CC(CC(C3)C1)C2. The first kappa shape index (κ1) is 24.2. The third kappa shape index (κ3) is 4.07. The average molecular weight is 528 g/mol. The molecule has 206 valence electrons. The van der Waals surface area contributed by atoms with E-state index in [0.717, 1.165) is 59.9 Å². The van der Waals surface area contributed by atoms with Crippen molar-refractivity contribution in [1.29, 1.82) is 0 Å². The number of nitrogens with zero attached hydrogens (tertiary/aromatic N) is 1. The van der Waals surface area contributed by atoms with Gasteiger partial charge in [0.2, 0.25) is 0 Å². The maximum Gasteiger partial charge on any atom is 0.337 e. The Bertz CT molecular complexity index is 1250. The lowest BCUT2D eigenvalue weighted by molar-refractivity contribution is -0.0571. The summed E-state index contributed by atoms with van der Waals surface area (Å²) in [5.41, 5.74) is 2.43. The molecule has 1 heterocycles. The Hall–Kier alpha value is -2.63. The van der Waals surface area contributed by atoms with E-state index in [4.69, 9.17) is 4.98 Å². The summed E-state index contributed by atoms with van der Waals surface area (Å²) in [6, 6.07) is 6.66. The molecule has 0 saturated heterocycles. The van der Waals surface area contributed by atoms with Crippen molar-refractivity contribution in [2.24, 2.45) is 40.9 Å². The van der Waals surface area contributed by atoms with Crippen LogP contribution >= 0.6 is 0 Å². The zero-order valence-electron chi connectivity index (χ0n) is 22.9. The van der Waals surface area contributed by atoms with Crippen molar-refractivity contribution in [3.05, 3.63) is 47.0 Å². The van der Waals surface area contributed by atoms with Gasteiger partial charge in [-0.15, -0.1) is 0 Å². The Balaban J connectivity index is 1.11. The standard InChI is InChI=1S/C33H41N3O3/c37-29(34-26-4-2-1-3-25(26)30(38)39)28-27(5-6-32-13-19-7-20(14-32)9-21(8-19)15-32)35-31(36-28)33-16-22-10-23(17-33)12-24(11-22)18-33/h1-4,19-24H,5-18H2,(H,34,37)(H,35,36)(H,38,39). The Labute approximate surface area is 230 Å².